The number of halogens is 1. The maximum Gasteiger partial charge on any atom is 0.123 e. The predicted molar refractivity (Wildman–Crippen MR) is 105 cm³/mol. The van der Waals surface area contributed by atoms with Gasteiger partial charge in [0.1, 0.15) is 5.82 Å². The largest absolute Gasteiger partial charge is 0.265 e. The van der Waals surface area contributed by atoms with E-state index in [0.29, 0.717) is 0 Å². The highest BCUT2D eigenvalue weighted by Gasteiger charge is 2.29. The van der Waals surface area contributed by atoms with E-state index < -0.39 is 0 Å². The summed E-state index contributed by atoms with van der Waals surface area (Å²) in [7, 11) is 0. The van der Waals surface area contributed by atoms with E-state index >= 15 is 0 Å². The first-order chi connectivity index (χ1) is 12.7. The van der Waals surface area contributed by atoms with Gasteiger partial charge < -0.3 is 0 Å². The highest BCUT2D eigenvalue weighted by atomic mass is 32.2. The molecule has 1 aromatic heterocycles. The van der Waals surface area contributed by atoms with Crippen LogP contribution in [0.5, 0.6) is 0 Å². The molecular formula is C21H18FN3S. The Balaban J connectivity index is 1.72. The molecule has 0 aliphatic carbocycles. The first-order valence-electron chi connectivity index (χ1n) is 8.40. The quantitative estimate of drug-likeness (QED) is 0.614. The lowest BCUT2D eigenvalue weighted by molar-refractivity contribution is 0.627. The van der Waals surface area contributed by atoms with Gasteiger partial charge in [0.2, 0.25) is 0 Å². The Bertz CT molecular complexity index is 908. The van der Waals surface area contributed by atoms with Crippen molar-refractivity contribution >= 4 is 23.2 Å². The lowest BCUT2D eigenvalue weighted by Crippen LogP contribution is -2.18. The van der Waals surface area contributed by atoms with Crippen LogP contribution in [0.4, 0.5) is 10.1 Å². The third kappa shape index (κ3) is 3.35. The summed E-state index contributed by atoms with van der Waals surface area (Å²) in [4.78, 5) is 5.34. The molecule has 3 nitrogen and oxygen atoms in total. The predicted octanol–water partition coefficient (Wildman–Crippen LogP) is 4.95. The number of pyridine rings is 1. The standard InChI is InChI=1S/C21H18FN3S/c1-26-19-8-6-18(7-9-19)25-14-20(15-10-12-23-13-11-15)21(24-25)16-2-4-17(22)5-3-16/h2-13,20H,14H2,1H3. The van der Waals surface area contributed by atoms with Crippen LogP contribution in [-0.4, -0.2) is 23.5 Å². The summed E-state index contributed by atoms with van der Waals surface area (Å²) < 4.78 is 13.3. The van der Waals surface area contributed by atoms with Crippen molar-refractivity contribution in [3.05, 3.63) is 90.0 Å². The van der Waals surface area contributed by atoms with Crippen LogP contribution in [-0.2, 0) is 0 Å². The van der Waals surface area contributed by atoms with Gasteiger partial charge in [0, 0.05) is 23.2 Å². The molecule has 0 N–H and O–H groups in total. The smallest absolute Gasteiger partial charge is 0.123 e. The SMILES string of the molecule is CSc1ccc(N2CC(c3ccncc3)C(c3ccc(F)cc3)=N2)cc1. The lowest BCUT2D eigenvalue weighted by Gasteiger charge is -2.16. The van der Waals surface area contributed by atoms with Gasteiger partial charge in [-0.1, -0.05) is 12.1 Å². The molecule has 26 heavy (non-hydrogen) atoms. The van der Waals surface area contributed by atoms with Crippen molar-refractivity contribution < 1.29 is 4.39 Å². The van der Waals surface area contributed by atoms with E-state index in [1.165, 1.54) is 17.0 Å². The second-order valence-corrected chi connectivity index (χ2v) is 6.99. The zero-order valence-electron chi connectivity index (χ0n) is 14.3. The molecule has 0 spiro atoms. The fourth-order valence-corrected chi connectivity index (χ4v) is 3.56. The normalized spacial score (nSPS) is 16.6. The minimum atomic E-state index is -0.239. The van der Waals surface area contributed by atoms with Crippen molar-refractivity contribution in [2.45, 2.75) is 10.8 Å². The molecule has 0 radical (unpaired) electrons. The van der Waals surface area contributed by atoms with Gasteiger partial charge in [-0.15, -0.1) is 11.8 Å². The van der Waals surface area contributed by atoms with Crippen molar-refractivity contribution in [1.82, 2.24) is 4.98 Å². The molecule has 1 atom stereocenters. The third-order valence-corrected chi connectivity index (χ3v) is 5.28. The molecule has 1 aliphatic rings. The Morgan fingerprint density at radius 3 is 2.31 bits per heavy atom. The van der Waals surface area contributed by atoms with E-state index in [1.807, 2.05) is 17.1 Å². The number of hydrogen-bond donors (Lipinski definition) is 0. The van der Waals surface area contributed by atoms with Gasteiger partial charge in [-0.3, -0.25) is 9.99 Å². The highest BCUT2D eigenvalue weighted by Crippen LogP contribution is 2.32. The van der Waals surface area contributed by atoms with Crippen LogP contribution in [0.25, 0.3) is 0 Å². The van der Waals surface area contributed by atoms with E-state index in [2.05, 4.69) is 35.5 Å². The Morgan fingerprint density at radius 2 is 1.65 bits per heavy atom. The van der Waals surface area contributed by atoms with E-state index in [9.17, 15) is 4.39 Å². The lowest BCUT2D eigenvalue weighted by atomic mass is 9.91. The molecule has 1 unspecified atom stereocenters. The minimum absolute atomic E-state index is 0.115. The summed E-state index contributed by atoms with van der Waals surface area (Å²) in [6.45, 7) is 0.745. The van der Waals surface area contributed by atoms with Crippen molar-refractivity contribution in [2.24, 2.45) is 5.10 Å². The van der Waals surface area contributed by atoms with Crippen LogP contribution >= 0.6 is 11.8 Å². The van der Waals surface area contributed by atoms with Gasteiger partial charge in [0.05, 0.1) is 17.9 Å². The summed E-state index contributed by atoms with van der Waals surface area (Å²) in [6, 6.07) is 19.0. The zero-order valence-corrected chi connectivity index (χ0v) is 15.2. The molecular weight excluding hydrogens is 345 g/mol. The molecule has 4 rings (SSSR count). The second-order valence-electron chi connectivity index (χ2n) is 6.11. The van der Waals surface area contributed by atoms with E-state index in [1.54, 1.807) is 36.3 Å². The van der Waals surface area contributed by atoms with Crippen molar-refractivity contribution in [1.29, 1.82) is 0 Å². The van der Waals surface area contributed by atoms with Crippen LogP contribution in [0.2, 0.25) is 0 Å². The molecule has 3 aromatic rings. The number of anilines is 1. The van der Waals surface area contributed by atoms with Gasteiger partial charge in [-0.2, -0.15) is 5.10 Å². The molecule has 0 saturated carbocycles. The number of benzene rings is 2. The second kappa shape index (κ2) is 7.30. The number of aromatic nitrogens is 1. The topological polar surface area (TPSA) is 28.5 Å². The van der Waals surface area contributed by atoms with Crippen LogP contribution in [0, 0.1) is 5.82 Å². The van der Waals surface area contributed by atoms with Gasteiger partial charge in [0.15, 0.2) is 0 Å². The molecule has 2 aromatic carbocycles. The average Bonchev–Trinajstić information content (AvgIpc) is 3.15. The number of nitrogens with zero attached hydrogens (tertiary/aromatic N) is 3. The molecule has 130 valence electrons. The molecule has 2 heterocycles. The van der Waals surface area contributed by atoms with Gasteiger partial charge >= 0.3 is 0 Å². The van der Waals surface area contributed by atoms with E-state index in [0.717, 1.165) is 29.1 Å². The molecule has 5 heteroatoms. The van der Waals surface area contributed by atoms with Crippen LogP contribution in [0.3, 0.4) is 0 Å². The first kappa shape index (κ1) is 16.8. The molecule has 0 amide bonds. The zero-order chi connectivity index (χ0) is 17.9. The minimum Gasteiger partial charge on any atom is -0.265 e. The van der Waals surface area contributed by atoms with Crippen molar-refractivity contribution in [3.63, 3.8) is 0 Å². The van der Waals surface area contributed by atoms with Crippen molar-refractivity contribution in [2.75, 3.05) is 17.8 Å². The number of hydrogen-bond acceptors (Lipinski definition) is 4. The van der Waals surface area contributed by atoms with E-state index in [-0.39, 0.29) is 11.7 Å². The Hall–Kier alpha value is -2.66. The fourth-order valence-electron chi connectivity index (χ4n) is 3.16. The molecule has 0 fully saturated rings. The first-order valence-corrected chi connectivity index (χ1v) is 9.63. The molecule has 1 aliphatic heterocycles. The van der Waals surface area contributed by atoms with Gasteiger partial charge in [-0.25, -0.2) is 4.39 Å². The number of thioether (sulfide) groups is 1. The van der Waals surface area contributed by atoms with Crippen LogP contribution < -0.4 is 5.01 Å². The third-order valence-electron chi connectivity index (χ3n) is 4.53. The Kier molecular flexibility index (Phi) is 4.71. The highest BCUT2D eigenvalue weighted by molar-refractivity contribution is 7.98. The summed E-state index contributed by atoms with van der Waals surface area (Å²) in [6.07, 6.45) is 5.66. The maximum atomic E-state index is 13.3. The molecule has 0 bridgehead atoms. The van der Waals surface area contributed by atoms with Crippen LogP contribution in [0.15, 0.2) is 83.1 Å². The summed E-state index contributed by atoms with van der Waals surface area (Å²) in [5, 5.41) is 6.89. The van der Waals surface area contributed by atoms with Gasteiger partial charge in [0.25, 0.3) is 0 Å². The number of hydrazone groups is 1. The Morgan fingerprint density at radius 1 is 0.962 bits per heavy atom. The Labute approximate surface area is 156 Å². The monoisotopic (exact) mass is 363 g/mol. The maximum absolute atomic E-state index is 13.3. The number of rotatable bonds is 4. The molecule has 0 saturated heterocycles. The van der Waals surface area contributed by atoms with Crippen molar-refractivity contribution in [3.8, 4) is 0 Å². The summed E-state index contributed by atoms with van der Waals surface area (Å²) in [5.74, 6) is -0.124. The average molecular weight is 363 g/mol. The van der Waals surface area contributed by atoms with E-state index in [4.69, 9.17) is 5.10 Å². The summed E-state index contributed by atoms with van der Waals surface area (Å²) >= 11 is 1.72. The summed E-state index contributed by atoms with van der Waals surface area (Å²) in [5.41, 5.74) is 4.10. The van der Waals surface area contributed by atoms with Gasteiger partial charge in [-0.05, 0) is 65.9 Å². The fraction of sp³-hybridized carbons (Fsp3) is 0.143. The van der Waals surface area contributed by atoms with Crippen LogP contribution in [0.1, 0.15) is 17.0 Å².